The number of hydrogen-bond donors (Lipinski definition) is 2. The number of hydrogen-bond acceptors (Lipinski definition) is 1. The maximum Gasteiger partial charge on any atom is 0.189 e. The van der Waals surface area contributed by atoms with E-state index in [4.69, 9.17) is 28.9 Å². The molecule has 2 rings (SSSR count). The highest BCUT2D eigenvalue weighted by Crippen LogP contribution is 2.42. The van der Waals surface area contributed by atoms with Crippen LogP contribution in [0.15, 0.2) is 35.3 Å². The molecule has 0 aromatic heterocycles. The molecular weight excluding hydrogens is 408 g/mol. The van der Waals surface area contributed by atoms with E-state index in [0.717, 1.165) is 12.0 Å². The zero-order valence-electron chi connectivity index (χ0n) is 11.2. The molecule has 0 saturated heterocycles. The second-order valence-corrected chi connectivity index (χ2v) is 5.74. The quantitative estimate of drug-likeness (QED) is 0.332. The summed E-state index contributed by atoms with van der Waals surface area (Å²) in [5.74, 6) is 0.893. The summed E-state index contributed by atoms with van der Waals surface area (Å²) in [4.78, 5) is 4.20. The molecule has 110 valence electrons. The number of guanidine groups is 1. The minimum Gasteiger partial charge on any atom is -0.370 e. The summed E-state index contributed by atoms with van der Waals surface area (Å²) in [6, 6.07) is 6.07. The summed E-state index contributed by atoms with van der Waals surface area (Å²) in [5.41, 5.74) is 7.98. The predicted molar refractivity (Wildman–Crippen MR) is 97.5 cm³/mol. The number of halogens is 3. The van der Waals surface area contributed by atoms with Gasteiger partial charge in [-0.2, -0.15) is 0 Å². The molecule has 1 aliphatic carbocycles. The van der Waals surface area contributed by atoms with Crippen LogP contribution in [0.4, 0.5) is 0 Å². The third-order valence-corrected chi connectivity index (χ3v) is 3.75. The summed E-state index contributed by atoms with van der Waals surface area (Å²) in [6.07, 6.45) is 1.03. The lowest BCUT2D eigenvalue weighted by Gasteiger charge is -2.06. The molecule has 0 spiro atoms. The Kier molecular flexibility index (Phi) is 6.61. The number of nitrogens with zero attached hydrogens (tertiary/aromatic N) is 1. The summed E-state index contributed by atoms with van der Waals surface area (Å²) >= 11 is 11.9. The van der Waals surface area contributed by atoms with Crippen LogP contribution in [-0.2, 0) is 0 Å². The van der Waals surface area contributed by atoms with Crippen LogP contribution in [0.25, 0.3) is 0 Å². The van der Waals surface area contributed by atoms with E-state index in [-0.39, 0.29) is 24.0 Å². The van der Waals surface area contributed by atoms with E-state index in [1.165, 1.54) is 5.56 Å². The molecule has 0 amide bonds. The molecule has 1 aliphatic rings. The molecule has 20 heavy (non-hydrogen) atoms. The first-order valence-electron chi connectivity index (χ1n) is 6.13. The van der Waals surface area contributed by atoms with Crippen molar-refractivity contribution in [3.63, 3.8) is 0 Å². The second-order valence-electron chi connectivity index (χ2n) is 4.93. The Morgan fingerprint density at radius 3 is 2.75 bits per heavy atom. The van der Waals surface area contributed by atoms with Crippen LogP contribution in [0.5, 0.6) is 0 Å². The molecule has 1 saturated carbocycles. The summed E-state index contributed by atoms with van der Waals surface area (Å²) < 4.78 is 0. The third kappa shape index (κ3) is 4.82. The van der Waals surface area contributed by atoms with Crippen molar-refractivity contribution in [2.75, 3.05) is 6.54 Å². The van der Waals surface area contributed by atoms with E-state index in [9.17, 15) is 0 Å². The van der Waals surface area contributed by atoms with Crippen LogP contribution in [-0.4, -0.2) is 18.5 Å². The zero-order chi connectivity index (χ0) is 14.0. The fourth-order valence-electron chi connectivity index (χ4n) is 1.92. The molecule has 1 fully saturated rings. The lowest BCUT2D eigenvalue weighted by Crippen LogP contribution is -2.34. The maximum absolute atomic E-state index is 6.01. The molecule has 2 atom stereocenters. The van der Waals surface area contributed by atoms with Crippen LogP contribution in [0, 0.1) is 0 Å². The third-order valence-electron chi connectivity index (χ3n) is 3.01. The summed E-state index contributed by atoms with van der Waals surface area (Å²) in [7, 11) is 0. The van der Waals surface area contributed by atoms with Crippen molar-refractivity contribution in [2.45, 2.75) is 25.3 Å². The molecule has 1 aromatic carbocycles. The average molecular weight is 426 g/mol. The monoisotopic (exact) mass is 425 g/mol. The highest BCUT2D eigenvalue weighted by Gasteiger charge is 2.38. The molecular formula is C14H18Cl2IN3. The smallest absolute Gasteiger partial charge is 0.189 e. The number of benzene rings is 1. The van der Waals surface area contributed by atoms with E-state index in [1.807, 2.05) is 25.1 Å². The fourth-order valence-corrected chi connectivity index (χ4v) is 2.23. The highest BCUT2D eigenvalue weighted by atomic mass is 127. The van der Waals surface area contributed by atoms with Crippen LogP contribution in [0.3, 0.4) is 0 Å². The first-order chi connectivity index (χ1) is 8.97. The number of rotatable bonds is 4. The van der Waals surface area contributed by atoms with Gasteiger partial charge in [0.15, 0.2) is 5.96 Å². The highest BCUT2D eigenvalue weighted by molar-refractivity contribution is 14.0. The van der Waals surface area contributed by atoms with Gasteiger partial charge in [0.1, 0.15) is 0 Å². The van der Waals surface area contributed by atoms with Crippen molar-refractivity contribution in [1.82, 2.24) is 5.32 Å². The lowest BCUT2D eigenvalue weighted by atomic mass is 10.1. The van der Waals surface area contributed by atoms with Crippen LogP contribution >= 0.6 is 47.2 Å². The topological polar surface area (TPSA) is 50.4 Å². The number of aliphatic imine (C=N–C) groups is 1. The van der Waals surface area contributed by atoms with Crippen molar-refractivity contribution < 1.29 is 0 Å². The Morgan fingerprint density at radius 2 is 2.15 bits per heavy atom. The van der Waals surface area contributed by atoms with Gasteiger partial charge in [-0.3, -0.25) is 0 Å². The van der Waals surface area contributed by atoms with Gasteiger partial charge in [-0.05, 0) is 31.0 Å². The van der Waals surface area contributed by atoms with Crippen molar-refractivity contribution in [2.24, 2.45) is 10.7 Å². The van der Waals surface area contributed by atoms with Gasteiger partial charge in [-0.25, -0.2) is 4.99 Å². The normalized spacial score (nSPS) is 21.1. The van der Waals surface area contributed by atoms with Crippen molar-refractivity contribution >= 4 is 53.1 Å². The Hall–Kier alpha value is -0.460. The first kappa shape index (κ1) is 17.6. The Balaban J connectivity index is 0.00000200. The van der Waals surface area contributed by atoms with E-state index in [1.54, 1.807) is 0 Å². The molecule has 0 radical (unpaired) electrons. The van der Waals surface area contributed by atoms with Gasteiger partial charge in [-0.1, -0.05) is 41.4 Å². The van der Waals surface area contributed by atoms with Gasteiger partial charge in [0.25, 0.3) is 0 Å². The van der Waals surface area contributed by atoms with Crippen molar-refractivity contribution in [3.05, 3.63) is 46.0 Å². The van der Waals surface area contributed by atoms with Crippen LogP contribution in [0.2, 0.25) is 10.0 Å². The van der Waals surface area contributed by atoms with Gasteiger partial charge < -0.3 is 11.1 Å². The molecule has 3 nitrogen and oxygen atoms in total. The van der Waals surface area contributed by atoms with Gasteiger partial charge in [0.05, 0.1) is 16.6 Å². The van der Waals surface area contributed by atoms with Gasteiger partial charge in [0, 0.05) is 12.0 Å². The molecule has 3 N–H and O–H groups in total. The molecule has 0 aliphatic heterocycles. The van der Waals surface area contributed by atoms with Crippen molar-refractivity contribution in [1.29, 1.82) is 0 Å². The Labute approximate surface area is 146 Å². The van der Waals surface area contributed by atoms with E-state index < -0.39 is 0 Å². The Bertz CT molecular complexity index is 531. The molecule has 0 heterocycles. The van der Waals surface area contributed by atoms with E-state index in [0.29, 0.717) is 34.5 Å². The minimum atomic E-state index is 0. The maximum atomic E-state index is 6.01. The molecule has 0 bridgehead atoms. The van der Waals surface area contributed by atoms with Gasteiger partial charge in [0.2, 0.25) is 0 Å². The van der Waals surface area contributed by atoms with E-state index >= 15 is 0 Å². The Morgan fingerprint density at radius 1 is 1.45 bits per heavy atom. The molecule has 0 unspecified atom stereocenters. The minimum absolute atomic E-state index is 0. The SMILES string of the molecule is C=C(C)CN=C(N)N[C@@H]1C[C@H]1c1ccc(Cl)c(Cl)c1.I. The number of nitrogens with one attached hydrogen (secondary N) is 1. The van der Waals surface area contributed by atoms with Crippen LogP contribution < -0.4 is 11.1 Å². The zero-order valence-corrected chi connectivity index (χ0v) is 15.0. The summed E-state index contributed by atoms with van der Waals surface area (Å²) in [5, 5.41) is 4.38. The van der Waals surface area contributed by atoms with Crippen LogP contribution in [0.1, 0.15) is 24.8 Å². The van der Waals surface area contributed by atoms with Gasteiger partial charge >= 0.3 is 0 Å². The summed E-state index contributed by atoms with van der Waals surface area (Å²) in [6.45, 7) is 6.27. The average Bonchev–Trinajstić information content (AvgIpc) is 3.09. The second kappa shape index (κ2) is 7.52. The lowest BCUT2D eigenvalue weighted by molar-refractivity contribution is 0.852. The molecule has 6 heteroatoms. The first-order valence-corrected chi connectivity index (χ1v) is 6.88. The van der Waals surface area contributed by atoms with Crippen molar-refractivity contribution in [3.8, 4) is 0 Å². The van der Waals surface area contributed by atoms with Gasteiger partial charge in [-0.15, -0.1) is 24.0 Å². The standard InChI is InChI=1S/C14H17Cl2N3.HI/c1-8(2)7-18-14(17)19-13-6-10(13)9-3-4-11(15)12(16)5-9;/h3-5,10,13H,1,6-7H2,2H3,(H3,17,18,19);1H/t10-,13+;/m0./s1. The fraction of sp³-hybridized carbons (Fsp3) is 0.357. The van der Waals surface area contributed by atoms with E-state index in [2.05, 4.69) is 16.9 Å². The predicted octanol–water partition coefficient (Wildman–Crippen LogP) is 3.95. The largest absolute Gasteiger partial charge is 0.370 e. The molecule has 1 aromatic rings. The number of nitrogens with two attached hydrogens (primary N) is 1.